The summed E-state index contributed by atoms with van der Waals surface area (Å²) in [5.41, 5.74) is 3.64. The molecule has 3 N–H and O–H groups in total. The van der Waals surface area contributed by atoms with Crippen molar-refractivity contribution < 1.29 is 9.59 Å². The molecule has 4 aromatic rings. The fourth-order valence-corrected chi connectivity index (χ4v) is 3.89. The van der Waals surface area contributed by atoms with Gasteiger partial charge in [-0.15, -0.1) is 10.2 Å². The minimum absolute atomic E-state index is 0.143. The molecular formula is C21H20N6O2S. The average Bonchev–Trinajstić information content (AvgIpc) is 3.10. The molecule has 0 saturated carbocycles. The smallest absolute Gasteiger partial charge is 0.237 e. The number of fused-ring (bicyclic) bond motifs is 3. The molecule has 0 saturated heterocycles. The molecule has 0 aliphatic rings. The Morgan fingerprint density at radius 3 is 2.43 bits per heavy atom. The largest absolute Gasteiger partial charge is 0.338 e. The Kier molecular flexibility index (Phi) is 5.62. The Hall–Kier alpha value is -3.46. The van der Waals surface area contributed by atoms with E-state index in [1.54, 1.807) is 24.3 Å². The maximum absolute atomic E-state index is 12.7. The molecule has 0 fully saturated rings. The molecule has 30 heavy (non-hydrogen) atoms. The van der Waals surface area contributed by atoms with Crippen LogP contribution < -0.4 is 10.6 Å². The van der Waals surface area contributed by atoms with Crippen molar-refractivity contribution in [3.8, 4) is 0 Å². The Balaban J connectivity index is 1.47. The van der Waals surface area contributed by atoms with Gasteiger partial charge in [0.15, 0.2) is 5.65 Å². The Labute approximate surface area is 176 Å². The van der Waals surface area contributed by atoms with E-state index in [-0.39, 0.29) is 17.1 Å². The number of aromatic amines is 1. The van der Waals surface area contributed by atoms with Crippen LogP contribution in [0.2, 0.25) is 0 Å². The third kappa shape index (κ3) is 4.25. The van der Waals surface area contributed by atoms with Gasteiger partial charge in [0, 0.05) is 29.2 Å². The van der Waals surface area contributed by atoms with Crippen molar-refractivity contribution in [1.29, 1.82) is 0 Å². The lowest BCUT2D eigenvalue weighted by Crippen LogP contribution is -2.24. The summed E-state index contributed by atoms with van der Waals surface area (Å²) in [6, 6.07) is 14.8. The number of aromatic nitrogens is 4. The predicted octanol–water partition coefficient (Wildman–Crippen LogP) is 3.97. The van der Waals surface area contributed by atoms with Gasteiger partial charge in [0.2, 0.25) is 17.0 Å². The molecule has 4 rings (SSSR count). The number of thioether (sulfide) groups is 1. The molecule has 2 aromatic heterocycles. The quantitative estimate of drug-likeness (QED) is 0.407. The number of anilines is 2. The number of rotatable bonds is 6. The van der Waals surface area contributed by atoms with Gasteiger partial charge in [-0.2, -0.15) is 0 Å². The lowest BCUT2D eigenvalue weighted by molar-refractivity contribution is -0.116. The van der Waals surface area contributed by atoms with Crippen molar-refractivity contribution in [2.45, 2.75) is 30.7 Å². The zero-order valence-corrected chi connectivity index (χ0v) is 17.3. The summed E-state index contributed by atoms with van der Waals surface area (Å²) >= 11 is 1.28. The van der Waals surface area contributed by atoms with Crippen LogP contribution in [0.4, 0.5) is 11.4 Å². The normalized spacial score (nSPS) is 12.1. The Morgan fingerprint density at radius 2 is 1.73 bits per heavy atom. The third-order valence-electron chi connectivity index (χ3n) is 4.49. The summed E-state index contributed by atoms with van der Waals surface area (Å²) in [7, 11) is 0. The highest BCUT2D eigenvalue weighted by Crippen LogP contribution is 2.27. The topological polar surface area (TPSA) is 113 Å². The molecule has 0 radical (unpaired) electrons. The summed E-state index contributed by atoms with van der Waals surface area (Å²) in [4.78, 5) is 31.6. The van der Waals surface area contributed by atoms with E-state index in [4.69, 9.17) is 0 Å². The molecule has 1 atom stereocenters. The van der Waals surface area contributed by atoms with Gasteiger partial charge in [-0.25, -0.2) is 4.98 Å². The number of H-pyrrole nitrogens is 1. The number of carbonyl (C=O) groups is 2. The van der Waals surface area contributed by atoms with E-state index in [1.165, 1.54) is 18.7 Å². The molecule has 0 bridgehead atoms. The van der Waals surface area contributed by atoms with E-state index in [1.807, 2.05) is 31.2 Å². The zero-order chi connectivity index (χ0) is 21.1. The Bertz CT molecular complexity index is 1220. The van der Waals surface area contributed by atoms with Gasteiger partial charge in [0.25, 0.3) is 0 Å². The molecule has 2 aromatic carbocycles. The fraction of sp³-hybridized carbons (Fsp3) is 0.190. The van der Waals surface area contributed by atoms with Crippen LogP contribution in [0.1, 0.15) is 20.3 Å². The van der Waals surface area contributed by atoms with Crippen LogP contribution in [0.15, 0.2) is 53.7 Å². The van der Waals surface area contributed by atoms with E-state index in [0.29, 0.717) is 34.1 Å². The van der Waals surface area contributed by atoms with Gasteiger partial charge in [-0.1, -0.05) is 36.9 Å². The number of hydrogen-bond donors (Lipinski definition) is 3. The highest BCUT2D eigenvalue weighted by atomic mass is 32.2. The summed E-state index contributed by atoms with van der Waals surface area (Å²) in [6.07, 6.45) is 0.606. The molecule has 0 aliphatic heterocycles. The van der Waals surface area contributed by atoms with Crippen molar-refractivity contribution in [2.75, 3.05) is 10.6 Å². The minimum Gasteiger partial charge on any atom is -0.338 e. The SMILES string of the molecule is CC[C@H](Sc1nnc2c(n1)[nH]c1ccccc12)C(=O)Nc1ccc(NC(C)=O)cc1. The maximum atomic E-state index is 12.7. The van der Waals surface area contributed by atoms with Crippen LogP contribution in [-0.2, 0) is 9.59 Å². The first-order valence-electron chi connectivity index (χ1n) is 9.50. The lowest BCUT2D eigenvalue weighted by atomic mass is 10.2. The van der Waals surface area contributed by atoms with Crippen LogP contribution in [0.5, 0.6) is 0 Å². The number of amides is 2. The average molecular weight is 420 g/mol. The summed E-state index contributed by atoms with van der Waals surface area (Å²) < 4.78 is 0. The third-order valence-corrected chi connectivity index (χ3v) is 5.70. The van der Waals surface area contributed by atoms with Gasteiger partial charge in [0.05, 0.1) is 5.25 Å². The molecule has 0 aliphatic carbocycles. The molecular weight excluding hydrogens is 400 g/mol. The first kappa shape index (κ1) is 19.8. The van der Waals surface area contributed by atoms with E-state index >= 15 is 0 Å². The second kappa shape index (κ2) is 8.50. The van der Waals surface area contributed by atoms with Crippen molar-refractivity contribution >= 4 is 57.0 Å². The van der Waals surface area contributed by atoms with Gasteiger partial charge in [0.1, 0.15) is 5.52 Å². The number of para-hydroxylation sites is 1. The number of carbonyl (C=O) groups excluding carboxylic acids is 2. The molecule has 0 spiro atoms. The number of hydrogen-bond acceptors (Lipinski definition) is 6. The highest BCUT2D eigenvalue weighted by Gasteiger charge is 2.20. The van der Waals surface area contributed by atoms with Crippen LogP contribution in [0.3, 0.4) is 0 Å². The monoisotopic (exact) mass is 420 g/mol. The number of nitrogens with zero attached hydrogens (tertiary/aromatic N) is 3. The Morgan fingerprint density at radius 1 is 1.03 bits per heavy atom. The first-order valence-corrected chi connectivity index (χ1v) is 10.4. The van der Waals surface area contributed by atoms with E-state index < -0.39 is 0 Å². The van der Waals surface area contributed by atoms with Crippen LogP contribution in [-0.4, -0.2) is 37.2 Å². The van der Waals surface area contributed by atoms with Crippen molar-refractivity contribution in [3.05, 3.63) is 48.5 Å². The molecule has 8 nitrogen and oxygen atoms in total. The van der Waals surface area contributed by atoms with Gasteiger partial charge in [-0.05, 0) is 36.8 Å². The van der Waals surface area contributed by atoms with Crippen molar-refractivity contribution in [2.24, 2.45) is 0 Å². The van der Waals surface area contributed by atoms with Gasteiger partial charge < -0.3 is 15.6 Å². The van der Waals surface area contributed by atoms with Crippen molar-refractivity contribution in [3.63, 3.8) is 0 Å². The van der Waals surface area contributed by atoms with E-state index in [0.717, 1.165) is 10.9 Å². The van der Waals surface area contributed by atoms with Gasteiger partial charge in [-0.3, -0.25) is 9.59 Å². The number of nitrogens with one attached hydrogen (secondary N) is 3. The summed E-state index contributed by atoms with van der Waals surface area (Å²) in [5, 5.41) is 15.1. The zero-order valence-electron chi connectivity index (χ0n) is 16.5. The molecule has 0 unspecified atom stereocenters. The maximum Gasteiger partial charge on any atom is 0.237 e. The molecule has 2 amide bonds. The first-order chi connectivity index (χ1) is 14.5. The second-order valence-electron chi connectivity index (χ2n) is 6.72. The second-order valence-corrected chi connectivity index (χ2v) is 7.89. The fourth-order valence-electron chi connectivity index (χ4n) is 3.07. The lowest BCUT2D eigenvalue weighted by Gasteiger charge is -2.14. The summed E-state index contributed by atoms with van der Waals surface area (Å²) in [6.45, 7) is 3.38. The van der Waals surface area contributed by atoms with Crippen LogP contribution >= 0.6 is 11.8 Å². The van der Waals surface area contributed by atoms with E-state index in [2.05, 4.69) is 30.8 Å². The van der Waals surface area contributed by atoms with Crippen molar-refractivity contribution in [1.82, 2.24) is 20.2 Å². The standard InChI is InChI=1S/C21H20N6O2S/c1-3-17(20(29)23-14-10-8-13(9-11-14)22-12(2)28)30-21-25-19-18(26-27-21)15-6-4-5-7-16(15)24-19/h4-11,17H,3H2,1-2H3,(H,22,28)(H,23,29)(H,24,25,27)/t17-/m0/s1. The van der Waals surface area contributed by atoms with E-state index in [9.17, 15) is 9.59 Å². The van der Waals surface area contributed by atoms with Crippen LogP contribution in [0, 0.1) is 0 Å². The number of benzene rings is 2. The highest BCUT2D eigenvalue weighted by molar-refractivity contribution is 8.00. The predicted molar refractivity (Wildman–Crippen MR) is 119 cm³/mol. The van der Waals surface area contributed by atoms with Gasteiger partial charge >= 0.3 is 0 Å². The van der Waals surface area contributed by atoms with Crippen LogP contribution in [0.25, 0.3) is 22.1 Å². The summed E-state index contributed by atoms with van der Waals surface area (Å²) in [5.74, 6) is -0.287. The molecule has 2 heterocycles. The molecule has 9 heteroatoms. The minimum atomic E-state index is -0.372. The molecule has 152 valence electrons.